The van der Waals surface area contributed by atoms with Crippen molar-refractivity contribution in [1.82, 2.24) is 10.3 Å². The summed E-state index contributed by atoms with van der Waals surface area (Å²) in [5.41, 5.74) is 2.37. The van der Waals surface area contributed by atoms with Crippen molar-refractivity contribution in [3.63, 3.8) is 0 Å². The minimum Gasteiger partial charge on any atom is -0.356 e. The summed E-state index contributed by atoms with van der Waals surface area (Å²) in [6.45, 7) is 0.859. The minimum absolute atomic E-state index is 0.615. The van der Waals surface area contributed by atoms with Crippen LogP contribution in [0.3, 0.4) is 0 Å². The van der Waals surface area contributed by atoms with E-state index in [0.717, 1.165) is 17.9 Å². The molecular formula is C16H21N3S. The SMILES string of the molecule is CNCc1cc2ccccc2nc1N(C)C1CCSC1. The summed E-state index contributed by atoms with van der Waals surface area (Å²) in [7, 11) is 4.18. The van der Waals surface area contributed by atoms with Gasteiger partial charge >= 0.3 is 0 Å². The summed E-state index contributed by atoms with van der Waals surface area (Å²) in [4.78, 5) is 7.29. The Labute approximate surface area is 124 Å². The Balaban J connectivity index is 2.03. The predicted molar refractivity (Wildman–Crippen MR) is 88.6 cm³/mol. The number of benzene rings is 1. The van der Waals surface area contributed by atoms with Gasteiger partial charge in [0.2, 0.25) is 0 Å². The third-order valence-corrected chi connectivity index (χ3v) is 5.08. The Bertz CT molecular complexity index is 593. The van der Waals surface area contributed by atoms with Crippen LogP contribution in [0.5, 0.6) is 0 Å². The maximum absolute atomic E-state index is 4.91. The van der Waals surface area contributed by atoms with Gasteiger partial charge in [-0.25, -0.2) is 4.98 Å². The van der Waals surface area contributed by atoms with E-state index in [-0.39, 0.29) is 0 Å². The van der Waals surface area contributed by atoms with E-state index in [1.54, 1.807) is 0 Å². The van der Waals surface area contributed by atoms with Gasteiger partial charge in [0.05, 0.1) is 5.52 Å². The van der Waals surface area contributed by atoms with Gasteiger partial charge in [-0.15, -0.1) is 0 Å². The highest BCUT2D eigenvalue weighted by molar-refractivity contribution is 7.99. The molecule has 3 nitrogen and oxygen atoms in total. The molecular weight excluding hydrogens is 266 g/mol. The quantitative estimate of drug-likeness (QED) is 0.936. The highest BCUT2D eigenvalue weighted by Gasteiger charge is 2.23. The van der Waals surface area contributed by atoms with Crippen LogP contribution in [-0.4, -0.2) is 36.6 Å². The smallest absolute Gasteiger partial charge is 0.133 e. The van der Waals surface area contributed by atoms with E-state index in [9.17, 15) is 0 Å². The molecule has 106 valence electrons. The van der Waals surface area contributed by atoms with Gasteiger partial charge in [-0.05, 0) is 31.4 Å². The lowest BCUT2D eigenvalue weighted by atomic mass is 10.1. The van der Waals surface area contributed by atoms with E-state index in [2.05, 4.69) is 47.6 Å². The summed E-state index contributed by atoms with van der Waals surface area (Å²) < 4.78 is 0. The Morgan fingerprint density at radius 3 is 3.00 bits per heavy atom. The van der Waals surface area contributed by atoms with E-state index < -0.39 is 0 Å². The predicted octanol–water partition coefficient (Wildman–Crippen LogP) is 2.90. The third kappa shape index (κ3) is 2.63. The van der Waals surface area contributed by atoms with Crippen LogP contribution in [0, 0.1) is 0 Å². The highest BCUT2D eigenvalue weighted by Crippen LogP contribution is 2.29. The summed E-state index contributed by atoms with van der Waals surface area (Å²) in [6.07, 6.45) is 1.26. The lowest BCUT2D eigenvalue weighted by Gasteiger charge is -2.27. The minimum atomic E-state index is 0.615. The molecule has 1 aliphatic rings. The summed E-state index contributed by atoms with van der Waals surface area (Å²) in [5.74, 6) is 3.61. The number of hydrogen-bond donors (Lipinski definition) is 1. The van der Waals surface area contributed by atoms with Crippen molar-refractivity contribution in [3.05, 3.63) is 35.9 Å². The van der Waals surface area contributed by atoms with Crippen molar-refractivity contribution >= 4 is 28.5 Å². The molecule has 1 aromatic carbocycles. The zero-order chi connectivity index (χ0) is 13.9. The molecule has 1 unspecified atom stereocenters. The van der Waals surface area contributed by atoms with Crippen LogP contribution >= 0.6 is 11.8 Å². The largest absolute Gasteiger partial charge is 0.356 e. The van der Waals surface area contributed by atoms with Crippen molar-refractivity contribution in [2.24, 2.45) is 0 Å². The third-order valence-electron chi connectivity index (χ3n) is 3.93. The first-order chi connectivity index (χ1) is 9.79. The fourth-order valence-electron chi connectivity index (χ4n) is 2.78. The second-order valence-corrected chi connectivity index (χ2v) is 6.47. The number of nitrogens with one attached hydrogen (secondary N) is 1. The van der Waals surface area contributed by atoms with Crippen LogP contribution in [0.15, 0.2) is 30.3 Å². The fourth-order valence-corrected chi connectivity index (χ4v) is 4.04. The number of nitrogens with zero attached hydrogens (tertiary/aromatic N) is 2. The number of thioether (sulfide) groups is 1. The molecule has 1 saturated heterocycles. The Morgan fingerprint density at radius 2 is 2.25 bits per heavy atom. The van der Waals surface area contributed by atoms with Crippen molar-refractivity contribution in [2.75, 3.05) is 30.5 Å². The Morgan fingerprint density at radius 1 is 1.40 bits per heavy atom. The second kappa shape index (κ2) is 6.02. The zero-order valence-electron chi connectivity index (χ0n) is 12.1. The maximum Gasteiger partial charge on any atom is 0.133 e. The standard InChI is InChI=1S/C16H21N3S/c1-17-10-13-9-12-5-3-4-6-15(12)18-16(13)19(2)14-7-8-20-11-14/h3-6,9,14,17H,7-8,10-11H2,1-2H3. The maximum atomic E-state index is 4.91. The molecule has 0 aliphatic carbocycles. The van der Waals surface area contributed by atoms with Gasteiger partial charge in [-0.1, -0.05) is 18.2 Å². The van der Waals surface area contributed by atoms with Crippen LogP contribution in [0.2, 0.25) is 0 Å². The molecule has 0 radical (unpaired) electrons. The van der Waals surface area contributed by atoms with Gasteiger partial charge in [-0.2, -0.15) is 11.8 Å². The fraction of sp³-hybridized carbons (Fsp3) is 0.438. The normalized spacial score (nSPS) is 18.6. The molecule has 1 atom stereocenters. The average molecular weight is 287 g/mol. The molecule has 1 fully saturated rings. The van der Waals surface area contributed by atoms with Crippen molar-refractivity contribution in [1.29, 1.82) is 0 Å². The Hall–Kier alpha value is -1.26. The first-order valence-electron chi connectivity index (χ1n) is 7.13. The zero-order valence-corrected chi connectivity index (χ0v) is 12.9. The van der Waals surface area contributed by atoms with E-state index in [0.29, 0.717) is 6.04 Å². The second-order valence-electron chi connectivity index (χ2n) is 5.32. The first kappa shape index (κ1) is 13.7. The molecule has 0 spiro atoms. The molecule has 1 aromatic heterocycles. The molecule has 3 rings (SSSR count). The molecule has 20 heavy (non-hydrogen) atoms. The number of fused-ring (bicyclic) bond motifs is 1. The van der Waals surface area contributed by atoms with E-state index in [4.69, 9.17) is 4.98 Å². The first-order valence-corrected chi connectivity index (χ1v) is 8.29. The highest BCUT2D eigenvalue weighted by atomic mass is 32.2. The number of pyridine rings is 1. The van der Waals surface area contributed by atoms with E-state index in [1.807, 2.05) is 18.8 Å². The molecule has 0 bridgehead atoms. The van der Waals surface area contributed by atoms with E-state index >= 15 is 0 Å². The van der Waals surface area contributed by atoms with Crippen LogP contribution in [0.4, 0.5) is 5.82 Å². The van der Waals surface area contributed by atoms with E-state index in [1.165, 1.54) is 28.9 Å². The average Bonchev–Trinajstić information content (AvgIpc) is 3.00. The summed E-state index contributed by atoms with van der Waals surface area (Å²) in [5, 5.41) is 4.48. The molecule has 0 saturated carbocycles. The molecule has 2 aromatic rings. The van der Waals surface area contributed by atoms with Crippen LogP contribution in [0.25, 0.3) is 10.9 Å². The molecule has 1 N–H and O–H groups in total. The number of hydrogen-bond acceptors (Lipinski definition) is 4. The van der Waals surface area contributed by atoms with Gasteiger partial charge in [-0.3, -0.25) is 0 Å². The van der Waals surface area contributed by atoms with Crippen LogP contribution in [0.1, 0.15) is 12.0 Å². The van der Waals surface area contributed by atoms with Gasteiger partial charge in [0.1, 0.15) is 5.82 Å². The van der Waals surface area contributed by atoms with Gasteiger partial charge in [0.25, 0.3) is 0 Å². The topological polar surface area (TPSA) is 28.2 Å². The van der Waals surface area contributed by atoms with Crippen molar-refractivity contribution in [3.8, 4) is 0 Å². The molecule has 1 aliphatic heterocycles. The lowest BCUT2D eigenvalue weighted by Crippen LogP contribution is -2.33. The monoisotopic (exact) mass is 287 g/mol. The summed E-state index contributed by atoms with van der Waals surface area (Å²) in [6, 6.07) is 11.2. The Kier molecular flexibility index (Phi) is 4.13. The van der Waals surface area contributed by atoms with Crippen molar-refractivity contribution in [2.45, 2.75) is 19.0 Å². The number of aromatic nitrogens is 1. The molecule has 4 heteroatoms. The number of para-hydroxylation sites is 1. The number of rotatable bonds is 4. The van der Waals surface area contributed by atoms with Crippen LogP contribution in [-0.2, 0) is 6.54 Å². The van der Waals surface area contributed by atoms with Crippen LogP contribution < -0.4 is 10.2 Å². The molecule has 0 amide bonds. The number of anilines is 1. The van der Waals surface area contributed by atoms with Gasteiger partial charge in [0.15, 0.2) is 0 Å². The van der Waals surface area contributed by atoms with Crippen molar-refractivity contribution < 1.29 is 0 Å². The molecule has 2 heterocycles. The lowest BCUT2D eigenvalue weighted by molar-refractivity contribution is 0.684. The van der Waals surface area contributed by atoms with Gasteiger partial charge in [0, 0.05) is 36.3 Å². The summed E-state index contributed by atoms with van der Waals surface area (Å²) >= 11 is 2.04. The van der Waals surface area contributed by atoms with Gasteiger partial charge < -0.3 is 10.2 Å².